The van der Waals surface area contributed by atoms with Crippen LogP contribution in [0.15, 0.2) is 12.2 Å². The lowest BCUT2D eigenvalue weighted by Gasteiger charge is -2.38. The molecule has 1 aliphatic heterocycles. The molecular weight excluding hydrogens is 306 g/mol. The van der Waals surface area contributed by atoms with Crippen LogP contribution < -0.4 is 0 Å². The van der Waals surface area contributed by atoms with E-state index in [-0.39, 0.29) is 6.09 Å². The van der Waals surface area contributed by atoms with Crippen LogP contribution in [0.3, 0.4) is 0 Å². The van der Waals surface area contributed by atoms with Crippen LogP contribution >= 0.6 is 0 Å². The summed E-state index contributed by atoms with van der Waals surface area (Å²) < 4.78 is 5.33. The van der Waals surface area contributed by atoms with Gasteiger partial charge in [0.05, 0.1) is 0 Å². The monoisotopic (exact) mass is 339 g/mol. The van der Waals surface area contributed by atoms with Crippen LogP contribution in [0.25, 0.3) is 0 Å². The van der Waals surface area contributed by atoms with Crippen molar-refractivity contribution in [3.63, 3.8) is 0 Å². The molecule has 0 atom stereocenters. The number of carboxylic acids is 1. The normalized spacial score (nSPS) is 15.5. The van der Waals surface area contributed by atoms with E-state index in [0.29, 0.717) is 12.3 Å². The molecule has 0 aromatic rings. The van der Waals surface area contributed by atoms with Gasteiger partial charge in [0.2, 0.25) is 0 Å². The number of hydrogen-bond acceptors (Lipinski definition) is 3. The zero-order valence-corrected chi connectivity index (χ0v) is 15.4. The summed E-state index contributed by atoms with van der Waals surface area (Å²) in [6, 6.07) is 0. The zero-order chi connectivity index (χ0) is 18.0. The number of hydrogen-bond donors (Lipinski definition) is 1. The van der Waals surface area contributed by atoms with Crippen LogP contribution in [0.1, 0.15) is 72.1 Å². The summed E-state index contributed by atoms with van der Waals surface area (Å²) >= 11 is 0. The second-order valence-corrected chi connectivity index (χ2v) is 7.63. The number of carboxylic acid groups (broad SMARTS) is 1. The summed E-state index contributed by atoms with van der Waals surface area (Å²) in [5.41, 5.74) is -0.425. The molecule has 1 rings (SSSR count). The lowest BCUT2D eigenvalue weighted by Crippen LogP contribution is -2.50. The first kappa shape index (κ1) is 20.5. The third-order valence-corrected chi connectivity index (χ3v) is 3.98. The summed E-state index contributed by atoms with van der Waals surface area (Å²) in [6.45, 7) is 7.17. The van der Waals surface area contributed by atoms with Crippen molar-refractivity contribution >= 4 is 12.1 Å². The molecule has 0 saturated carbocycles. The molecular formula is C19H33NO4. The first-order chi connectivity index (χ1) is 11.3. The number of aliphatic carboxylic acids is 1. The summed E-state index contributed by atoms with van der Waals surface area (Å²) in [5, 5.41) is 8.54. The SMILES string of the molecule is CC(C)(C)OC(=O)N1CC(/C=C/CCCCCCCCC(=O)O)C1. The fraction of sp³-hybridized carbons (Fsp3) is 0.789. The Morgan fingerprint density at radius 2 is 1.67 bits per heavy atom. The zero-order valence-electron chi connectivity index (χ0n) is 15.4. The highest BCUT2D eigenvalue weighted by atomic mass is 16.6. The molecule has 1 aliphatic rings. The Hall–Kier alpha value is -1.52. The van der Waals surface area contributed by atoms with Gasteiger partial charge in [-0.1, -0.05) is 37.8 Å². The summed E-state index contributed by atoms with van der Waals surface area (Å²) in [4.78, 5) is 23.9. The molecule has 0 aromatic heterocycles. The van der Waals surface area contributed by atoms with Crippen LogP contribution in [-0.2, 0) is 9.53 Å². The molecule has 0 radical (unpaired) electrons. The highest BCUT2D eigenvalue weighted by Crippen LogP contribution is 2.20. The van der Waals surface area contributed by atoms with Gasteiger partial charge in [0, 0.05) is 25.4 Å². The van der Waals surface area contributed by atoms with Crippen LogP contribution in [0, 0.1) is 5.92 Å². The molecule has 138 valence electrons. The fourth-order valence-corrected chi connectivity index (χ4v) is 2.64. The van der Waals surface area contributed by atoms with E-state index in [1.165, 1.54) is 19.3 Å². The van der Waals surface area contributed by atoms with E-state index in [2.05, 4.69) is 12.2 Å². The van der Waals surface area contributed by atoms with Gasteiger partial charge in [0.1, 0.15) is 5.60 Å². The molecule has 5 heteroatoms. The van der Waals surface area contributed by atoms with E-state index < -0.39 is 11.6 Å². The number of amides is 1. The van der Waals surface area contributed by atoms with Crippen molar-refractivity contribution in [3.8, 4) is 0 Å². The van der Waals surface area contributed by atoms with Crippen molar-refractivity contribution in [3.05, 3.63) is 12.2 Å². The smallest absolute Gasteiger partial charge is 0.410 e. The lowest BCUT2D eigenvalue weighted by atomic mass is 9.99. The minimum atomic E-state index is -0.693. The van der Waals surface area contributed by atoms with E-state index >= 15 is 0 Å². The van der Waals surface area contributed by atoms with Crippen molar-refractivity contribution in [2.45, 2.75) is 77.7 Å². The Balaban J connectivity index is 1.94. The molecule has 0 unspecified atom stereocenters. The number of likely N-dealkylation sites (tertiary alicyclic amines) is 1. The summed E-state index contributed by atoms with van der Waals surface area (Å²) in [6.07, 6.45) is 12.1. The predicted molar refractivity (Wildman–Crippen MR) is 95.0 cm³/mol. The first-order valence-corrected chi connectivity index (χ1v) is 9.14. The molecule has 0 bridgehead atoms. The van der Waals surface area contributed by atoms with Crippen molar-refractivity contribution < 1.29 is 19.4 Å². The topological polar surface area (TPSA) is 66.8 Å². The highest BCUT2D eigenvalue weighted by Gasteiger charge is 2.31. The number of nitrogens with zero attached hydrogens (tertiary/aromatic N) is 1. The molecule has 0 aliphatic carbocycles. The van der Waals surface area contributed by atoms with Gasteiger partial charge >= 0.3 is 12.1 Å². The lowest BCUT2D eigenvalue weighted by molar-refractivity contribution is -0.137. The van der Waals surface area contributed by atoms with Gasteiger partial charge in [0.15, 0.2) is 0 Å². The first-order valence-electron chi connectivity index (χ1n) is 9.14. The predicted octanol–water partition coefficient (Wildman–Crippen LogP) is 4.61. The Labute approximate surface area is 146 Å². The third kappa shape index (κ3) is 9.58. The van der Waals surface area contributed by atoms with Gasteiger partial charge < -0.3 is 14.7 Å². The second-order valence-electron chi connectivity index (χ2n) is 7.63. The molecule has 1 N–H and O–H groups in total. The van der Waals surface area contributed by atoms with Crippen LogP contribution in [0.5, 0.6) is 0 Å². The quantitative estimate of drug-likeness (QED) is 0.466. The Morgan fingerprint density at radius 3 is 2.25 bits per heavy atom. The van der Waals surface area contributed by atoms with Gasteiger partial charge in [-0.25, -0.2) is 4.79 Å². The number of allylic oxidation sites excluding steroid dienone is 1. The Bertz CT molecular complexity index is 420. The molecule has 5 nitrogen and oxygen atoms in total. The van der Waals surface area contributed by atoms with Gasteiger partial charge in [-0.3, -0.25) is 4.79 Å². The van der Waals surface area contributed by atoms with E-state index in [4.69, 9.17) is 9.84 Å². The molecule has 24 heavy (non-hydrogen) atoms. The molecule has 0 spiro atoms. The van der Waals surface area contributed by atoms with Crippen LogP contribution in [-0.4, -0.2) is 40.8 Å². The summed E-state index contributed by atoms with van der Waals surface area (Å²) in [7, 11) is 0. The number of carbonyl (C=O) groups is 2. The van der Waals surface area contributed by atoms with Gasteiger partial charge in [-0.05, 0) is 40.0 Å². The molecule has 1 fully saturated rings. The number of unbranched alkanes of at least 4 members (excludes halogenated alkanes) is 6. The van der Waals surface area contributed by atoms with Gasteiger partial charge in [0.25, 0.3) is 0 Å². The van der Waals surface area contributed by atoms with Crippen LogP contribution in [0.4, 0.5) is 4.79 Å². The van der Waals surface area contributed by atoms with Crippen molar-refractivity contribution in [1.29, 1.82) is 0 Å². The minimum Gasteiger partial charge on any atom is -0.481 e. The maximum atomic E-state index is 11.8. The fourth-order valence-electron chi connectivity index (χ4n) is 2.64. The number of carbonyl (C=O) groups excluding carboxylic acids is 1. The van der Waals surface area contributed by atoms with Gasteiger partial charge in [-0.2, -0.15) is 0 Å². The maximum absolute atomic E-state index is 11.8. The van der Waals surface area contributed by atoms with E-state index in [1.807, 2.05) is 20.8 Å². The van der Waals surface area contributed by atoms with Crippen LogP contribution in [0.2, 0.25) is 0 Å². The molecule has 1 heterocycles. The average Bonchev–Trinajstić information content (AvgIpc) is 2.40. The van der Waals surface area contributed by atoms with E-state index in [9.17, 15) is 9.59 Å². The maximum Gasteiger partial charge on any atom is 0.410 e. The summed E-state index contributed by atoms with van der Waals surface area (Å²) in [5.74, 6) is -0.227. The Kier molecular flexibility index (Phi) is 8.87. The number of rotatable bonds is 10. The molecule has 1 amide bonds. The van der Waals surface area contributed by atoms with E-state index in [0.717, 1.165) is 38.8 Å². The van der Waals surface area contributed by atoms with Crippen molar-refractivity contribution in [2.75, 3.05) is 13.1 Å². The minimum absolute atomic E-state index is 0.213. The average molecular weight is 339 g/mol. The largest absolute Gasteiger partial charge is 0.481 e. The van der Waals surface area contributed by atoms with Gasteiger partial charge in [-0.15, -0.1) is 0 Å². The third-order valence-electron chi connectivity index (χ3n) is 3.98. The van der Waals surface area contributed by atoms with Crippen molar-refractivity contribution in [1.82, 2.24) is 4.90 Å². The van der Waals surface area contributed by atoms with E-state index in [1.54, 1.807) is 4.90 Å². The molecule has 1 saturated heterocycles. The Morgan fingerprint density at radius 1 is 1.08 bits per heavy atom. The molecule has 0 aromatic carbocycles. The second kappa shape index (κ2) is 10.4. The number of ether oxygens (including phenoxy) is 1. The van der Waals surface area contributed by atoms with Crippen molar-refractivity contribution in [2.24, 2.45) is 5.92 Å². The standard InChI is InChI=1S/C19H33NO4/c1-19(2,3)24-18(23)20-14-16(15-20)12-10-8-6-4-5-7-9-11-13-17(21)22/h10,12,16H,4-9,11,13-15H2,1-3H3,(H,21,22)/b12-10+. The highest BCUT2D eigenvalue weighted by molar-refractivity contribution is 5.69.